The standard InChI is InChI=1S/C19H25F6NO4Si/c1-17(2,3)31(4,5)30-7-6-14(16(28)29)26-15(27)11-8-12(18(20,21)22)10-13(9-11)19(23,24)25/h8-10,14H,6-7H2,1-5H3,(H,26,27)(H,28,29)/t14-/m0/s1. The Morgan fingerprint density at radius 3 is 1.81 bits per heavy atom. The van der Waals surface area contributed by atoms with Gasteiger partial charge in [0.15, 0.2) is 8.32 Å². The Balaban J connectivity index is 3.06. The summed E-state index contributed by atoms with van der Waals surface area (Å²) in [4.78, 5) is 23.7. The van der Waals surface area contributed by atoms with Crippen molar-refractivity contribution in [2.24, 2.45) is 0 Å². The summed E-state index contributed by atoms with van der Waals surface area (Å²) in [5.41, 5.74) is -4.28. The maximum Gasteiger partial charge on any atom is 0.416 e. The summed E-state index contributed by atoms with van der Waals surface area (Å²) < 4.78 is 83.6. The maximum atomic E-state index is 13.0. The van der Waals surface area contributed by atoms with E-state index in [2.05, 4.69) is 0 Å². The Morgan fingerprint density at radius 2 is 1.45 bits per heavy atom. The van der Waals surface area contributed by atoms with E-state index in [-0.39, 0.29) is 36.3 Å². The Labute approximate surface area is 176 Å². The molecule has 1 aromatic rings. The molecule has 1 atom stereocenters. The van der Waals surface area contributed by atoms with Crippen molar-refractivity contribution in [2.75, 3.05) is 6.61 Å². The van der Waals surface area contributed by atoms with Crippen molar-refractivity contribution in [2.45, 2.75) is 63.7 Å². The number of carboxylic acid groups (broad SMARTS) is 1. The molecule has 0 aromatic heterocycles. The second-order valence-corrected chi connectivity index (χ2v) is 13.4. The van der Waals surface area contributed by atoms with Crippen molar-refractivity contribution in [1.29, 1.82) is 0 Å². The highest BCUT2D eigenvalue weighted by Gasteiger charge is 2.39. The lowest BCUT2D eigenvalue weighted by Gasteiger charge is -2.36. The zero-order valence-electron chi connectivity index (χ0n) is 17.7. The molecule has 0 spiro atoms. The van der Waals surface area contributed by atoms with Gasteiger partial charge in [-0.05, 0) is 36.3 Å². The number of rotatable bonds is 7. The van der Waals surface area contributed by atoms with Crippen LogP contribution in [0, 0.1) is 0 Å². The number of carbonyl (C=O) groups is 2. The first-order valence-electron chi connectivity index (χ1n) is 9.23. The van der Waals surface area contributed by atoms with E-state index in [1.165, 1.54) is 0 Å². The van der Waals surface area contributed by atoms with E-state index in [1.54, 1.807) is 0 Å². The molecule has 5 nitrogen and oxygen atoms in total. The van der Waals surface area contributed by atoms with Gasteiger partial charge in [0.05, 0.1) is 11.1 Å². The van der Waals surface area contributed by atoms with Gasteiger partial charge in [0, 0.05) is 18.6 Å². The third-order valence-electron chi connectivity index (χ3n) is 5.13. The number of aliphatic carboxylic acids is 1. The molecule has 0 radical (unpaired) electrons. The average molecular weight is 473 g/mol. The third kappa shape index (κ3) is 7.53. The number of hydrogen-bond donors (Lipinski definition) is 2. The van der Waals surface area contributed by atoms with Crippen LogP contribution in [0.25, 0.3) is 0 Å². The Kier molecular flexibility index (Phi) is 7.99. The normalized spacial score (nSPS) is 14.3. The van der Waals surface area contributed by atoms with Crippen LogP contribution in [0.3, 0.4) is 0 Å². The van der Waals surface area contributed by atoms with Crippen molar-refractivity contribution in [3.05, 3.63) is 34.9 Å². The first-order chi connectivity index (χ1) is 13.8. The molecule has 31 heavy (non-hydrogen) atoms. The van der Waals surface area contributed by atoms with Gasteiger partial charge in [0.2, 0.25) is 0 Å². The summed E-state index contributed by atoms with van der Waals surface area (Å²) in [7, 11) is -2.22. The highest BCUT2D eigenvalue weighted by Crippen LogP contribution is 2.37. The van der Waals surface area contributed by atoms with Crippen molar-refractivity contribution < 1.29 is 45.5 Å². The molecular weight excluding hydrogens is 448 g/mol. The fourth-order valence-electron chi connectivity index (χ4n) is 2.23. The molecule has 1 rings (SSSR count). The minimum absolute atomic E-state index is 0.0515. The monoisotopic (exact) mass is 473 g/mol. The van der Waals surface area contributed by atoms with Crippen molar-refractivity contribution in [3.63, 3.8) is 0 Å². The number of hydrogen-bond acceptors (Lipinski definition) is 3. The smallest absolute Gasteiger partial charge is 0.416 e. The number of benzene rings is 1. The number of amides is 1. The average Bonchev–Trinajstić information content (AvgIpc) is 2.57. The van der Waals surface area contributed by atoms with Crippen LogP contribution in [0.5, 0.6) is 0 Å². The maximum absolute atomic E-state index is 13.0. The summed E-state index contributed by atoms with van der Waals surface area (Å²) in [6.07, 6.45) is -10.5. The van der Waals surface area contributed by atoms with E-state index < -0.39 is 55.3 Å². The van der Waals surface area contributed by atoms with Crippen LogP contribution in [-0.2, 0) is 21.6 Å². The van der Waals surface area contributed by atoms with Gasteiger partial charge < -0.3 is 14.8 Å². The Bertz CT molecular complexity index is 783. The fourth-order valence-corrected chi connectivity index (χ4v) is 3.29. The second kappa shape index (κ2) is 9.19. The molecule has 0 aliphatic carbocycles. The number of alkyl halides is 6. The first kappa shape index (κ1) is 27.0. The Morgan fingerprint density at radius 1 is 1.00 bits per heavy atom. The van der Waals surface area contributed by atoms with Crippen LogP contribution >= 0.6 is 0 Å². The highest BCUT2D eigenvalue weighted by atomic mass is 28.4. The molecule has 0 heterocycles. The van der Waals surface area contributed by atoms with Crippen LogP contribution < -0.4 is 5.32 Å². The molecule has 0 aliphatic rings. The molecule has 0 unspecified atom stereocenters. The summed E-state index contributed by atoms with van der Waals surface area (Å²) in [6, 6.07) is -1.18. The quantitative estimate of drug-likeness (QED) is 0.415. The van der Waals surface area contributed by atoms with E-state index in [0.717, 1.165) is 0 Å². The molecule has 1 aromatic carbocycles. The molecule has 176 valence electrons. The molecular formula is C19H25F6NO4Si. The lowest BCUT2D eigenvalue weighted by atomic mass is 10.0. The lowest BCUT2D eigenvalue weighted by molar-refractivity contribution is -0.143. The van der Waals surface area contributed by atoms with Gasteiger partial charge in [-0.3, -0.25) is 4.79 Å². The van der Waals surface area contributed by atoms with Gasteiger partial charge in [-0.25, -0.2) is 4.79 Å². The molecule has 0 aliphatic heterocycles. The summed E-state index contributed by atoms with van der Waals surface area (Å²) in [6.45, 7) is 9.67. The lowest BCUT2D eigenvalue weighted by Crippen LogP contribution is -2.44. The van der Waals surface area contributed by atoms with Gasteiger partial charge in [-0.15, -0.1) is 0 Å². The van der Waals surface area contributed by atoms with Gasteiger partial charge in [-0.1, -0.05) is 20.8 Å². The molecule has 0 saturated carbocycles. The molecule has 1 amide bonds. The van der Waals surface area contributed by atoms with Gasteiger partial charge >= 0.3 is 18.3 Å². The summed E-state index contributed by atoms with van der Waals surface area (Å²) >= 11 is 0. The number of carboxylic acids is 1. The molecule has 0 bridgehead atoms. The first-order valence-corrected chi connectivity index (χ1v) is 12.1. The van der Waals surface area contributed by atoms with Gasteiger partial charge in [0.25, 0.3) is 5.91 Å². The molecule has 2 N–H and O–H groups in total. The minimum atomic E-state index is -5.13. The van der Waals surface area contributed by atoms with E-state index in [0.29, 0.717) is 0 Å². The predicted octanol–water partition coefficient (Wildman–Crippen LogP) is 5.32. The largest absolute Gasteiger partial charge is 0.480 e. The van der Waals surface area contributed by atoms with Crippen LogP contribution in [0.15, 0.2) is 18.2 Å². The van der Waals surface area contributed by atoms with E-state index in [1.807, 2.05) is 39.2 Å². The highest BCUT2D eigenvalue weighted by molar-refractivity contribution is 6.74. The zero-order valence-corrected chi connectivity index (χ0v) is 18.7. The SMILES string of the molecule is CC(C)(C)[Si](C)(C)OCC[C@H](NC(=O)c1cc(C(F)(F)F)cc(C(F)(F)F)c1)C(=O)O. The number of nitrogens with one attached hydrogen (secondary N) is 1. The van der Waals surface area contributed by atoms with Crippen LogP contribution in [0.1, 0.15) is 48.7 Å². The molecule has 12 heteroatoms. The fraction of sp³-hybridized carbons (Fsp3) is 0.579. The van der Waals surface area contributed by atoms with Crippen molar-refractivity contribution in [3.8, 4) is 0 Å². The van der Waals surface area contributed by atoms with Crippen LogP contribution in [0.4, 0.5) is 26.3 Å². The number of carbonyl (C=O) groups excluding carboxylic acids is 1. The van der Waals surface area contributed by atoms with E-state index in [4.69, 9.17) is 4.43 Å². The van der Waals surface area contributed by atoms with Crippen LogP contribution in [-0.4, -0.2) is 37.9 Å². The van der Waals surface area contributed by atoms with Crippen molar-refractivity contribution in [1.82, 2.24) is 5.32 Å². The minimum Gasteiger partial charge on any atom is -0.480 e. The van der Waals surface area contributed by atoms with Crippen LogP contribution in [0.2, 0.25) is 18.1 Å². The Hall–Kier alpha value is -2.08. The van der Waals surface area contributed by atoms with Gasteiger partial charge in [-0.2, -0.15) is 26.3 Å². The van der Waals surface area contributed by atoms with E-state index >= 15 is 0 Å². The summed E-state index contributed by atoms with van der Waals surface area (Å²) in [5, 5.41) is 11.1. The molecule has 0 saturated heterocycles. The van der Waals surface area contributed by atoms with Gasteiger partial charge in [0.1, 0.15) is 6.04 Å². The number of halogens is 6. The zero-order chi connectivity index (χ0) is 24.4. The summed E-state index contributed by atoms with van der Waals surface area (Å²) in [5.74, 6) is -2.86. The van der Waals surface area contributed by atoms with Crippen molar-refractivity contribution >= 4 is 20.2 Å². The topological polar surface area (TPSA) is 75.6 Å². The predicted molar refractivity (Wildman–Crippen MR) is 103 cm³/mol. The van der Waals surface area contributed by atoms with E-state index in [9.17, 15) is 41.0 Å². The third-order valence-corrected chi connectivity index (χ3v) is 9.67. The molecule has 0 fully saturated rings. The second-order valence-electron chi connectivity index (χ2n) is 8.56.